The van der Waals surface area contributed by atoms with Crippen LogP contribution in [-0.4, -0.2) is 27.8 Å². The lowest BCUT2D eigenvalue weighted by Gasteiger charge is -2.07. The van der Waals surface area contributed by atoms with Crippen LogP contribution in [-0.2, 0) is 0 Å². The molecule has 0 amide bonds. The number of aromatic nitrogens is 3. The van der Waals surface area contributed by atoms with Crippen molar-refractivity contribution in [2.75, 3.05) is 12.5 Å². The van der Waals surface area contributed by atoms with Gasteiger partial charge in [-0.1, -0.05) is 18.2 Å². The maximum Gasteiger partial charge on any atom is 0.159 e. The van der Waals surface area contributed by atoms with Crippen LogP contribution in [0.4, 0.5) is 5.82 Å². The molecule has 3 heterocycles. The number of rotatable bonds is 5. The van der Waals surface area contributed by atoms with Crippen LogP contribution >= 0.6 is 11.3 Å². The van der Waals surface area contributed by atoms with Gasteiger partial charge < -0.3 is 4.74 Å². The molecule has 1 aromatic carbocycles. The molecule has 7 heteroatoms. The van der Waals surface area contributed by atoms with Crippen molar-refractivity contribution >= 4 is 33.1 Å². The lowest BCUT2D eigenvalue weighted by molar-refractivity contribution is 0.415. The SMILES string of the molecule is COc1ccc(-c2csc3ncnc(NN=C(C)c4cccnc4)c23)cc1. The molecular formula is C20H17N5OS. The second-order valence-electron chi connectivity index (χ2n) is 5.83. The molecule has 0 saturated carbocycles. The first kappa shape index (κ1) is 17.1. The highest BCUT2D eigenvalue weighted by atomic mass is 32.1. The van der Waals surface area contributed by atoms with Crippen LogP contribution in [0.1, 0.15) is 12.5 Å². The van der Waals surface area contributed by atoms with E-state index >= 15 is 0 Å². The number of nitrogens with zero attached hydrogens (tertiary/aromatic N) is 4. The van der Waals surface area contributed by atoms with E-state index in [9.17, 15) is 0 Å². The number of hydrogen-bond donors (Lipinski definition) is 1. The lowest BCUT2D eigenvalue weighted by atomic mass is 10.1. The number of anilines is 1. The Morgan fingerprint density at radius 1 is 1.15 bits per heavy atom. The third-order valence-electron chi connectivity index (χ3n) is 4.18. The molecule has 27 heavy (non-hydrogen) atoms. The van der Waals surface area contributed by atoms with E-state index in [0.717, 1.165) is 38.4 Å². The van der Waals surface area contributed by atoms with E-state index in [0.29, 0.717) is 5.82 Å². The van der Waals surface area contributed by atoms with Gasteiger partial charge in [0.2, 0.25) is 0 Å². The summed E-state index contributed by atoms with van der Waals surface area (Å²) in [5.74, 6) is 1.50. The Morgan fingerprint density at radius 2 is 2.00 bits per heavy atom. The van der Waals surface area contributed by atoms with Gasteiger partial charge in [-0.3, -0.25) is 10.4 Å². The molecule has 0 atom stereocenters. The Labute approximate surface area is 160 Å². The van der Waals surface area contributed by atoms with Gasteiger partial charge in [0, 0.05) is 28.9 Å². The van der Waals surface area contributed by atoms with Crippen molar-refractivity contribution in [2.24, 2.45) is 5.10 Å². The summed E-state index contributed by atoms with van der Waals surface area (Å²) in [6, 6.07) is 11.8. The minimum Gasteiger partial charge on any atom is -0.497 e. The zero-order chi connectivity index (χ0) is 18.6. The zero-order valence-corrected chi connectivity index (χ0v) is 15.7. The average Bonchev–Trinajstić information content (AvgIpc) is 3.17. The standard InChI is InChI=1S/C20H17N5OS/c1-13(15-4-3-9-21-10-15)24-25-19-18-17(11-27-20(18)23-12-22-19)14-5-7-16(26-2)8-6-14/h3-12H,1-2H3,(H,22,23,25). The molecule has 6 nitrogen and oxygen atoms in total. The molecular weight excluding hydrogens is 358 g/mol. The monoisotopic (exact) mass is 375 g/mol. The van der Waals surface area contributed by atoms with Gasteiger partial charge in [-0.25, -0.2) is 9.97 Å². The second kappa shape index (κ2) is 7.51. The molecule has 0 bridgehead atoms. The summed E-state index contributed by atoms with van der Waals surface area (Å²) in [4.78, 5) is 13.8. The number of nitrogens with one attached hydrogen (secondary N) is 1. The summed E-state index contributed by atoms with van der Waals surface area (Å²) in [5, 5.41) is 7.52. The highest BCUT2D eigenvalue weighted by Gasteiger charge is 2.13. The molecule has 4 aromatic rings. The first-order chi connectivity index (χ1) is 13.3. The summed E-state index contributed by atoms with van der Waals surface area (Å²) in [6.07, 6.45) is 5.07. The predicted molar refractivity (Wildman–Crippen MR) is 109 cm³/mol. The van der Waals surface area contributed by atoms with Gasteiger partial charge in [0.25, 0.3) is 0 Å². The van der Waals surface area contributed by atoms with Crippen molar-refractivity contribution in [1.29, 1.82) is 0 Å². The molecule has 4 rings (SSSR count). The largest absolute Gasteiger partial charge is 0.497 e. The smallest absolute Gasteiger partial charge is 0.159 e. The molecule has 134 valence electrons. The zero-order valence-electron chi connectivity index (χ0n) is 14.9. The number of ether oxygens (including phenoxy) is 1. The summed E-state index contributed by atoms with van der Waals surface area (Å²) in [6.45, 7) is 1.93. The highest BCUT2D eigenvalue weighted by molar-refractivity contribution is 7.17. The highest BCUT2D eigenvalue weighted by Crippen LogP contribution is 2.37. The minimum absolute atomic E-state index is 0.676. The minimum atomic E-state index is 0.676. The van der Waals surface area contributed by atoms with Gasteiger partial charge in [-0.15, -0.1) is 11.3 Å². The van der Waals surface area contributed by atoms with Crippen LogP contribution in [0.3, 0.4) is 0 Å². The molecule has 0 spiro atoms. The van der Waals surface area contributed by atoms with E-state index in [1.54, 1.807) is 37.2 Å². The number of hydrazone groups is 1. The summed E-state index contributed by atoms with van der Waals surface area (Å²) in [7, 11) is 1.66. The van der Waals surface area contributed by atoms with Crippen molar-refractivity contribution in [2.45, 2.75) is 6.92 Å². The molecule has 0 aliphatic heterocycles. The quantitative estimate of drug-likeness (QED) is 0.408. The number of thiophene rings is 1. The Bertz CT molecular complexity index is 1090. The van der Waals surface area contributed by atoms with Crippen LogP contribution in [0.25, 0.3) is 21.3 Å². The summed E-state index contributed by atoms with van der Waals surface area (Å²) >= 11 is 1.58. The van der Waals surface area contributed by atoms with Gasteiger partial charge in [-0.2, -0.15) is 5.10 Å². The number of pyridine rings is 1. The van der Waals surface area contributed by atoms with Crippen LogP contribution < -0.4 is 10.2 Å². The Hall–Kier alpha value is -3.32. The van der Waals surface area contributed by atoms with Gasteiger partial charge in [0.05, 0.1) is 18.2 Å². The molecule has 1 N–H and O–H groups in total. The number of fused-ring (bicyclic) bond motifs is 1. The van der Waals surface area contributed by atoms with Crippen molar-refractivity contribution < 1.29 is 4.74 Å². The van der Waals surface area contributed by atoms with Crippen LogP contribution in [0, 0.1) is 0 Å². The Balaban J connectivity index is 1.72. The molecule has 0 saturated heterocycles. The van der Waals surface area contributed by atoms with Crippen LogP contribution in [0.15, 0.2) is 65.6 Å². The van der Waals surface area contributed by atoms with E-state index in [1.807, 2.05) is 43.3 Å². The maximum absolute atomic E-state index is 5.25. The van der Waals surface area contributed by atoms with Crippen molar-refractivity contribution in [3.8, 4) is 16.9 Å². The third-order valence-corrected chi connectivity index (χ3v) is 5.07. The first-order valence-corrected chi connectivity index (χ1v) is 9.21. The molecule has 0 radical (unpaired) electrons. The maximum atomic E-state index is 5.25. The summed E-state index contributed by atoms with van der Waals surface area (Å²) < 4.78 is 5.25. The molecule has 0 aliphatic rings. The fourth-order valence-electron chi connectivity index (χ4n) is 2.72. The van der Waals surface area contributed by atoms with E-state index in [4.69, 9.17) is 4.74 Å². The van der Waals surface area contributed by atoms with Crippen molar-refractivity contribution in [3.63, 3.8) is 0 Å². The van der Waals surface area contributed by atoms with Gasteiger partial charge in [-0.05, 0) is 30.7 Å². The molecule has 0 unspecified atom stereocenters. The lowest BCUT2D eigenvalue weighted by Crippen LogP contribution is -2.01. The van der Waals surface area contributed by atoms with E-state index in [1.165, 1.54) is 0 Å². The van der Waals surface area contributed by atoms with E-state index < -0.39 is 0 Å². The Morgan fingerprint density at radius 3 is 2.74 bits per heavy atom. The second-order valence-corrected chi connectivity index (χ2v) is 6.69. The van der Waals surface area contributed by atoms with Crippen LogP contribution in [0.2, 0.25) is 0 Å². The van der Waals surface area contributed by atoms with Gasteiger partial charge in [0.1, 0.15) is 16.9 Å². The molecule has 0 fully saturated rings. The summed E-state index contributed by atoms with van der Waals surface area (Å²) in [5.41, 5.74) is 7.02. The normalized spacial score (nSPS) is 11.6. The number of benzene rings is 1. The van der Waals surface area contributed by atoms with Crippen molar-refractivity contribution in [3.05, 3.63) is 66.1 Å². The fraction of sp³-hybridized carbons (Fsp3) is 0.100. The molecule has 0 aliphatic carbocycles. The predicted octanol–water partition coefficient (Wildman–Crippen LogP) is 4.60. The van der Waals surface area contributed by atoms with E-state index in [-0.39, 0.29) is 0 Å². The van der Waals surface area contributed by atoms with E-state index in [2.05, 4.69) is 30.9 Å². The number of hydrogen-bond acceptors (Lipinski definition) is 7. The Kier molecular flexibility index (Phi) is 4.76. The first-order valence-electron chi connectivity index (χ1n) is 8.33. The third kappa shape index (κ3) is 3.50. The van der Waals surface area contributed by atoms with Gasteiger partial charge in [0.15, 0.2) is 5.82 Å². The fourth-order valence-corrected chi connectivity index (χ4v) is 3.64. The van der Waals surface area contributed by atoms with Gasteiger partial charge >= 0.3 is 0 Å². The average molecular weight is 375 g/mol. The molecule has 3 aromatic heterocycles. The topological polar surface area (TPSA) is 72.3 Å². The van der Waals surface area contributed by atoms with Crippen molar-refractivity contribution in [1.82, 2.24) is 15.0 Å². The number of methoxy groups -OCH3 is 1. The van der Waals surface area contributed by atoms with Crippen LogP contribution in [0.5, 0.6) is 5.75 Å².